The Morgan fingerprint density at radius 1 is 1.19 bits per heavy atom. The Labute approximate surface area is 106 Å². The lowest BCUT2D eigenvalue weighted by Gasteiger charge is -2.24. The van der Waals surface area contributed by atoms with E-state index in [1.165, 1.54) is 43.4 Å². The van der Waals surface area contributed by atoms with Gasteiger partial charge in [-0.1, -0.05) is 35.2 Å². The van der Waals surface area contributed by atoms with Gasteiger partial charge in [0.1, 0.15) is 0 Å². The Morgan fingerprint density at radius 3 is 2.62 bits per heavy atom. The van der Waals surface area contributed by atoms with Crippen molar-refractivity contribution in [3.8, 4) is 0 Å². The predicted octanol–water partition coefficient (Wildman–Crippen LogP) is 3.65. The minimum absolute atomic E-state index is 0.596. The molecular weight excluding hydrogens is 264 g/mol. The van der Waals surface area contributed by atoms with Crippen molar-refractivity contribution in [1.82, 2.24) is 0 Å². The van der Waals surface area contributed by atoms with Crippen LogP contribution < -0.4 is 11.1 Å². The van der Waals surface area contributed by atoms with Crippen LogP contribution in [0, 0.1) is 0 Å². The molecule has 1 aromatic carbocycles. The molecule has 0 spiro atoms. The van der Waals surface area contributed by atoms with Gasteiger partial charge in [-0.05, 0) is 36.6 Å². The van der Waals surface area contributed by atoms with Crippen molar-refractivity contribution < 1.29 is 0 Å². The smallest absolute Gasteiger partial charge is 0.0356 e. The molecule has 0 bridgehead atoms. The molecule has 0 radical (unpaired) electrons. The van der Waals surface area contributed by atoms with E-state index in [9.17, 15) is 0 Å². The third-order valence-corrected chi connectivity index (χ3v) is 3.63. The normalized spacial score (nSPS) is 17.4. The van der Waals surface area contributed by atoms with Gasteiger partial charge in [0.25, 0.3) is 0 Å². The van der Waals surface area contributed by atoms with Gasteiger partial charge < -0.3 is 11.1 Å². The number of halogens is 1. The van der Waals surface area contributed by atoms with E-state index in [-0.39, 0.29) is 0 Å². The van der Waals surface area contributed by atoms with Crippen LogP contribution in [0.5, 0.6) is 0 Å². The largest absolute Gasteiger partial charge is 0.382 e. The Hall–Kier alpha value is -0.540. The fourth-order valence-corrected chi connectivity index (χ4v) is 2.87. The van der Waals surface area contributed by atoms with Gasteiger partial charge in [0, 0.05) is 22.7 Å². The van der Waals surface area contributed by atoms with Gasteiger partial charge in [0.2, 0.25) is 0 Å². The molecule has 0 aromatic heterocycles. The summed E-state index contributed by atoms with van der Waals surface area (Å²) in [5, 5.41) is 3.61. The van der Waals surface area contributed by atoms with Crippen molar-refractivity contribution in [3.63, 3.8) is 0 Å². The van der Waals surface area contributed by atoms with Crippen LogP contribution in [0.15, 0.2) is 22.7 Å². The standard InChI is InChI=1S/C13H19BrN2/c14-11-6-10(9-15)7-13(8-11)16-12-4-2-1-3-5-12/h6-8,12,16H,1-5,9,15H2. The molecule has 88 valence electrons. The lowest BCUT2D eigenvalue weighted by Crippen LogP contribution is -2.22. The number of anilines is 1. The summed E-state index contributed by atoms with van der Waals surface area (Å²) in [6.07, 6.45) is 6.70. The van der Waals surface area contributed by atoms with Crippen molar-refractivity contribution in [2.24, 2.45) is 5.73 Å². The Balaban J connectivity index is 2.04. The van der Waals surface area contributed by atoms with Crippen LogP contribution in [-0.4, -0.2) is 6.04 Å². The fraction of sp³-hybridized carbons (Fsp3) is 0.538. The molecule has 1 saturated carbocycles. The molecule has 1 aliphatic rings. The van der Waals surface area contributed by atoms with Crippen molar-refractivity contribution in [1.29, 1.82) is 0 Å². The maximum absolute atomic E-state index is 5.67. The zero-order chi connectivity index (χ0) is 11.4. The predicted molar refractivity (Wildman–Crippen MR) is 72.5 cm³/mol. The lowest BCUT2D eigenvalue weighted by molar-refractivity contribution is 0.462. The van der Waals surface area contributed by atoms with Crippen molar-refractivity contribution >= 4 is 21.6 Å². The van der Waals surface area contributed by atoms with E-state index in [2.05, 4.69) is 39.4 Å². The summed E-state index contributed by atoms with van der Waals surface area (Å²) in [7, 11) is 0. The van der Waals surface area contributed by atoms with Crippen LogP contribution in [0.1, 0.15) is 37.7 Å². The monoisotopic (exact) mass is 282 g/mol. The van der Waals surface area contributed by atoms with Gasteiger partial charge >= 0.3 is 0 Å². The highest BCUT2D eigenvalue weighted by atomic mass is 79.9. The van der Waals surface area contributed by atoms with Crippen LogP contribution in [0.2, 0.25) is 0 Å². The molecule has 1 aromatic rings. The Morgan fingerprint density at radius 2 is 1.94 bits per heavy atom. The number of nitrogens with one attached hydrogen (secondary N) is 1. The van der Waals surface area contributed by atoms with Crippen LogP contribution >= 0.6 is 15.9 Å². The van der Waals surface area contributed by atoms with E-state index >= 15 is 0 Å². The third kappa shape index (κ3) is 3.22. The van der Waals surface area contributed by atoms with Gasteiger partial charge in [0.15, 0.2) is 0 Å². The summed E-state index contributed by atoms with van der Waals surface area (Å²) in [5.41, 5.74) is 8.04. The van der Waals surface area contributed by atoms with E-state index in [1.54, 1.807) is 0 Å². The highest BCUT2D eigenvalue weighted by Crippen LogP contribution is 2.24. The molecule has 1 fully saturated rings. The molecule has 0 saturated heterocycles. The molecule has 1 aliphatic carbocycles. The van der Waals surface area contributed by atoms with Crippen LogP contribution in [0.25, 0.3) is 0 Å². The third-order valence-electron chi connectivity index (χ3n) is 3.17. The van der Waals surface area contributed by atoms with Gasteiger partial charge in [-0.25, -0.2) is 0 Å². The number of hydrogen-bond acceptors (Lipinski definition) is 2. The molecular formula is C13H19BrN2. The summed E-state index contributed by atoms with van der Waals surface area (Å²) < 4.78 is 1.11. The quantitative estimate of drug-likeness (QED) is 0.888. The molecule has 16 heavy (non-hydrogen) atoms. The summed E-state index contributed by atoms with van der Waals surface area (Å²) in [5.74, 6) is 0. The highest BCUT2D eigenvalue weighted by Gasteiger charge is 2.13. The van der Waals surface area contributed by atoms with E-state index < -0.39 is 0 Å². The average molecular weight is 283 g/mol. The summed E-state index contributed by atoms with van der Waals surface area (Å²) in [4.78, 5) is 0. The molecule has 3 heteroatoms. The van der Waals surface area contributed by atoms with Gasteiger partial charge in [-0.15, -0.1) is 0 Å². The van der Waals surface area contributed by atoms with E-state index in [0.29, 0.717) is 12.6 Å². The minimum atomic E-state index is 0.596. The molecule has 3 N–H and O–H groups in total. The van der Waals surface area contributed by atoms with Crippen molar-refractivity contribution in [2.75, 3.05) is 5.32 Å². The van der Waals surface area contributed by atoms with Crippen molar-refractivity contribution in [3.05, 3.63) is 28.2 Å². The molecule has 0 atom stereocenters. The Kier molecular flexibility index (Phi) is 4.24. The molecule has 2 nitrogen and oxygen atoms in total. The maximum Gasteiger partial charge on any atom is 0.0356 e. The van der Waals surface area contributed by atoms with Gasteiger partial charge in [-0.3, -0.25) is 0 Å². The van der Waals surface area contributed by atoms with Crippen LogP contribution in [0.3, 0.4) is 0 Å². The number of benzene rings is 1. The highest BCUT2D eigenvalue weighted by molar-refractivity contribution is 9.10. The first-order chi connectivity index (χ1) is 7.78. The second-order valence-corrected chi connectivity index (χ2v) is 5.45. The first-order valence-corrected chi connectivity index (χ1v) is 6.83. The molecule has 0 unspecified atom stereocenters. The van der Waals surface area contributed by atoms with E-state index in [1.807, 2.05) is 0 Å². The number of hydrogen-bond donors (Lipinski definition) is 2. The zero-order valence-corrected chi connectivity index (χ0v) is 11.1. The molecule has 0 amide bonds. The molecule has 2 rings (SSSR count). The number of rotatable bonds is 3. The summed E-state index contributed by atoms with van der Waals surface area (Å²) in [6.45, 7) is 0.596. The summed E-state index contributed by atoms with van der Waals surface area (Å²) >= 11 is 3.52. The minimum Gasteiger partial charge on any atom is -0.382 e. The first-order valence-electron chi connectivity index (χ1n) is 6.04. The second kappa shape index (κ2) is 5.69. The molecule has 0 heterocycles. The van der Waals surface area contributed by atoms with Gasteiger partial charge in [-0.2, -0.15) is 0 Å². The summed E-state index contributed by atoms with van der Waals surface area (Å²) in [6, 6.07) is 7.01. The van der Waals surface area contributed by atoms with Crippen molar-refractivity contribution in [2.45, 2.75) is 44.7 Å². The fourth-order valence-electron chi connectivity index (χ4n) is 2.33. The topological polar surface area (TPSA) is 38.0 Å². The lowest BCUT2D eigenvalue weighted by atomic mass is 9.95. The van der Waals surface area contributed by atoms with Crippen LogP contribution in [-0.2, 0) is 6.54 Å². The van der Waals surface area contributed by atoms with E-state index in [4.69, 9.17) is 5.73 Å². The van der Waals surface area contributed by atoms with Crippen LogP contribution in [0.4, 0.5) is 5.69 Å². The first kappa shape index (κ1) is 11.9. The second-order valence-electron chi connectivity index (χ2n) is 4.53. The maximum atomic E-state index is 5.67. The Bertz CT molecular complexity index is 346. The SMILES string of the molecule is NCc1cc(Br)cc(NC2CCCCC2)c1. The van der Waals surface area contributed by atoms with Gasteiger partial charge in [0.05, 0.1) is 0 Å². The van der Waals surface area contributed by atoms with E-state index in [0.717, 1.165) is 4.47 Å². The zero-order valence-electron chi connectivity index (χ0n) is 9.51. The number of nitrogens with two attached hydrogens (primary N) is 1. The molecule has 0 aliphatic heterocycles. The average Bonchev–Trinajstić information content (AvgIpc) is 2.29.